The number of rotatable bonds is 15. The molecule has 4 N–H and O–H groups in total. The first-order chi connectivity index (χ1) is 33.8. The molecule has 0 unspecified atom stereocenters. The molecule has 8 aromatic carbocycles. The molecule has 0 fully saturated rings. The van der Waals surface area contributed by atoms with E-state index in [1.54, 1.807) is 49.4 Å². The van der Waals surface area contributed by atoms with Gasteiger partial charge in [0.05, 0.1) is 45.5 Å². The van der Waals surface area contributed by atoms with Crippen LogP contribution < -0.4 is 0 Å². The van der Waals surface area contributed by atoms with E-state index in [1.807, 2.05) is 138 Å². The van der Waals surface area contributed by atoms with Crippen molar-refractivity contribution in [1.29, 1.82) is 0 Å². The molecule has 0 bridgehead atoms. The number of phenolic OH excluding ortho intramolecular Hbond substituents is 4. The third-order valence-corrected chi connectivity index (χ3v) is 11.9. The molecule has 12 nitrogen and oxygen atoms in total. The summed E-state index contributed by atoms with van der Waals surface area (Å²) in [4.78, 5) is 0. The summed E-state index contributed by atoms with van der Waals surface area (Å²) in [5.41, 5.74) is 13.2. The largest absolute Gasteiger partial charge is 0.507 e. The van der Waals surface area contributed by atoms with E-state index in [9.17, 15) is 20.4 Å². The topological polar surface area (TPSA) is 180 Å². The van der Waals surface area contributed by atoms with Crippen molar-refractivity contribution in [2.75, 3.05) is 0 Å². The van der Waals surface area contributed by atoms with Crippen LogP contribution in [0.25, 0.3) is 0 Å². The summed E-state index contributed by atoms with van der Waals surface area (Å²) < 4.78 is 0. The molecule has 0 saturated carbocycles. The molecule has 0 aliphatic carbocycles. The number of aryl methyl sites for hydroxylation is 6. The van der Waals surface area contributed by atoms with Gasteiger partial charge in [-0.2, -0.15) is 40.9 Å². The number of aromatic hydroxyl groups is 4. The molecule has 0 heterocycles. The Hall–Kier alpha value is -8.64. The highest BCUT2D eigenvalue weighted by molar-refractivity contribution is 5.62. The molecular weight excluding hydrogens is 873 g/mol. The fourth-order valence-corrected chi connectivity index (χ4v) is 7.89. The van der Waals surface area contributed by atoms with Crippen molar-refractivity contribution >= 4 is 45.5 Å². The Morgan fingerprint density at radius 1 is 0.271 bits per heavy atom. The average Bonchev–Trinajstić information content (AvgIpc) is 3.35. The molecular formula is C58H54N8O4. The molecule has 0 spiro atoms. The molecule has 70 heavy (non-hydrogen) atoms. The summed E-state index contributed by atoms with van der Waals surface area (Å²) in [7, 11) is 0. The maximum absolute atomic E-state index is 12.2. The predicted octanol–water partition coefficient (Wildman–Crippen LogP) is 17.0. The molecule has 0 saturated heterocycles. The number of hydrogen-bond donors (Lipinski definition) is 4. The van der Waals surface area contributed by atoms with Crippen molar-refractivity contribution in [2.24, 2.45) is 40.9 Å². The van der Waals surface area contributed by atoms with Gasteiger partial charge in [-0.15, -0.1) is 0 Å². The van der Waals surface area contributed by atoms with Gasteiger partial charge in [-0.25, -0.2) is 0 Å². The summed E-state index contributed by atoms with van der Waals surface area (Å²) >= 11 is 0. The lowest BCUT2D eigenvalue weighted by Gasteiger charge is -2.16. The highest BCUT2D eigenvalue weighted by atomic mass is 16.3. The Bertz CT molecular complexity index is 3290. The van der Waals surface area contributed by atoms with Gasteiger partial charge >= 0.3 is 0 Å². The van der Waals surface area contributed by atoms with Crippen molar-refractivity contribution in [3.63, 3.8) is 0 Å². The van der Waals surface area contributed by atoms with Crippen LogP contribution in [0.2, 0.25) is 0 Å². The SMILES string of the molecule is CCc1cc(N=Nc2ccc(C)cc2)cc(Cc2cc(N=Nc3ccc(C)cc3)cc(Cc3cc(N=Nc4ccc(C)cc4)cc(Cc4cc(N=Nc5ccc(C)cc5)cc(C)c4O)c3O)c2O)c1O. The molecule has 8 aromatic rings. The smallest absolute Gasteiger partial charge is 0.122 e. The summed E-state index contributed by atoms with van der Waals surface area (Å²) in [5.74, 6) is 0.0528. The van der Waals surface area contributed by atoms with Gasteiger partial charge in [-0.1, -0.05) is 77.7 Å². The maximum atomic E-state index is 12.2. The minimum atomic E-state index is -0.0532. The van der Waals surface area contributed by atoms with Gasteiger partial charge in [-0.05, 0) is 149 Å². The van der Waals surface area contributed by atoms with Crippen LogP contribution in [-0.2, 0) is 25.7 Å². The van der Waals surface area contributed by atoms with Gasteiger partial charge < -0.3 is 20.4 Å². The fraction of sp³-hybridized carbons (Fsp3) is 0.172. The number of benzene rings is 8. The standard InChI is InChI=1S/C58H54N8O4/c1-7-40-28-52(64-60-48-18-10-36(3)11-19-48)30-42(56(40)68)26-44-32-54(66-62-50-22-14-38(5)15-23-50)34-46(58(44)70)27-45-33-53(65-61-49-20-12-37(4)13-21-49)31-43(57(45)69)25-41-29-51(24-39(6)55(41)67)63-59-47-16-8-35(2)9-17-47/h8-24,28-34,67-70H,7,25-27H2,1-6H3. The quantitative estimate of drug-likeness (QED) is 0.0748. The van der Waals surface area contributed by atoms with Crippen LogP contribution in [-0.4, -0.2) is 20.4 Å². The summed E-state index contributed by atoms with van der Waals surface area (Å²) in [6.45, 7) is 11.8. The lowest BCUT2D eigenvalue weighted by molar-refractivity contribution is 0.453. The van der Waals surface area contributed by atoms with E-state index in [1.165, 1.54) is 0 Å². The third kappa shape index (κ3) is 12.1. The second-order valence-electron chi connectivity index (χ2n) is 17.6. The lowest BCUT2D eigenvalue weighted by Crippen LogP contribution is -1.99. The van der Waals surface area contributed by atoms with E-state index in [-0.39, 0.29) is 42.3 Å². The molecule has 0 aliphatic heterocycles. The highest BCUT2D eigenvalue weighted by Gasteiger charge is 2.20. The molecule has 350 valence electrons. The second-order valence-corrected chi connectivity index (χ2v) is 17.6. The van der Waals surface area contributed by atoms with Crippen LogP contribution in [0, 0.1) is 34.6 Å². The zero-order chi connectivity index (χ0) is 49.3. The van der Waals surface area contributed by atoms with Gasteiger partial charge in [0.2, 0.25) is 0 Å². The second kappa shape index (κ2) is 21.5. The fourth-order valence-electron chi connectivity index (χ4n) is 7.89. The van der Waals surface area contributed by atoms with Crippen LogP contribution in [0.4, 0.5) is 45.5 Å². The summed E-state index contributed by atoms with van der Waals surface area (Å²) in [5, 5.41) is 83.5. The molecule has 0 aliphatic rings. The first kappa shape index (κ1) is 47.8. The van der Waals surface area contributed by atoms with Crippen LogP contribution in [0.3, 0.4) is 0 Å². The third-order valence-electron chi connectivity index (χ3n) is 11.9. The minimum absolute atomic E-state index is 0.0340. The first-order valence-electron chi connectivity index (χ1n) is 23.1. The highest BCUT2D eigenvalue weighted by Crippen LogP contribution is 2.41. The molecule has 0 atom stereocenters. The Balaban J connectivity index is 1.20. The monoisotopic (exact) mass is 926 g/mol. The van der Waals surface area contributed by atoms with Crippen molar-refractivity contribution in [3.8, 4) is 23.0 Å². The zero-order valence-corrected chi connectivity index (χ0v) is 40.1. The van der Waals surface area contributed by atoms with E-state index in [2.05, 4.69) is 40.9 Å². The maximum Gasteiger partial charge on any atom is 0.122 e. The Labute approximate surface area is 407 Å². The van der Waals surface area contributed by atoms with E-state index < -0.39 is 0 Å². The van der Waals surface area contributed by atoms with Crippen LogP contribution in [0.15, 0.2) is 187 Å². The number of hydrogen-bond acceptors (Lipinski definition) is 12. The molecule has 0 aromatic heterocycles. The summed E-state index contributed by atoms with van der Waals surface area (Å²) in [6.07, 6.45) is 0.781. The molecule has 12 heteroatoms. The minimum Gasteiger partial charge on any atom is -0.507 e. The molecule has 0 radical (unpaired) electrons. The normalized spacial score (nSPS) is 11.8. The Kier molecular flexibility index (Phi) is 14.7. The Morgan fingerprint density at radius 2 is 0.486 bits per heavy atom. The number of nitrogens with zero attached hydrogens (tertiary/aromatic N) is 8. The van der Waals surface area contributed by atoms with Gasteiger partial charge in [0, 0.05) is 52.6 Å². The average molecular weight is 927 g/mol. The predicted molar refractivity (Wildman–Crippen MR) is 276 cm³/mol. The van der Waals surface area contributed by atoms with Crippen molar-refractivity contribution < 1.29 is 20.4 Å². The Morgan fingerprint density at radius 3 is 0.757 bits per heavy atom. The van der Waals surface area contributed by atoms with Crippen LogP contribution in [0.5, 0.6) is 23.0 Å². The van der Waals surface area contributed by atoms with E-state index in [0.29, 0.717) is 96.4 Å². The first-order valence-corrected chi connectivity index (χ1v) is 23.1. The number of phenols is 4. The van der Waals surface area contributed by atoms with Crippen LogP contribution >= 0.6 is 0 Å². The number of azo groups is 4. The van der Waals surface area contributed by atoms with E-state index in [0.717, 1.165) is 22.3 Å². The van der Waals surface area contributed by atoms with Crippen LogP contribution in [0.1, 0.15) is 73.7 Å². The zero-order valence-electron chi connectivity index (χ0n) is 40.1. The molecule has 8 rings (SSSR count). The van der Waals surface area contributed by atoms with E-state index in [4.69, 9.17) is 0 Å². The van der Waals surface area contributed by atoms with Crippen molar-refractivity contribution in [2.45, 2.75) is 67.2 Å². The summed E-state index contributed by atoms with van der Waals surface area (Å²) in [6, 6.07) is 44.8. The van der Waals surface area contributed by atoms with Gasteiger partial charge in [0.1, 0.15) is 23.0 Å². The van der Waals surface area contributed by atoms with E-state index >= 15 is 0 Å². The van der Waals surface area contributed by atoms with Gasteiger partial charge in [0.15, 0.2) is 0 Å². The molecule has 0 amide bonds. The van der Waals surface area contributed by atoms with Gasteiger partial charge in [-0.3, -0.25) is 0 Å². The van der Waals surface area contributed by atoms with Gasteiger partial charge in [0.25, 0.3) is 0 Å². The van der Waals surface area contributed by atoms with Crippen molar-refractivity contribution in [3.05, 3.63) is 212 Å². The lowest BCUT2D eigenvalue weighted by atomic mass is 9.92. The van der Waals surface area contributed by atoms with Crippen molar-refractivity contribution in [1.82, 2.24) is 0 Å².